The first-order valence-corrected chi connectivity index (χ1v) is 7.58. The molecule has 7 heteroatoms. The van der Waals surface area contributed by atoms with E-state index in [9.17, 15) is 0 Å². The lowest BCUT2D eigenvalue weighted by atomic mass is 10.2. The minimum absolute atomic E-state index is 0.347. The molecule has 22 heavy (non-hydrogen) atoms. The molecule has 0 atom stereocenters. The van der Waals surface area contributed by atoms with Gasteiger partial charge >= 0.3 is 0 Å². The number of rotatable bonds is 3. The molecular formula is C15H11BrN4O2. The second-order valence-corrected chi connectivity index (χ2v) is 5.54. The predicted molar refractivity (Wildman–Crippen MR) is 84.1 cm³/mol. The second-order valence-electron chi connectivity index (χ2n) is 4.76. The van der Waals surface area contributed by atoms with Crippen molar-refractivity contribution in [1.29, 1.82) is 0 Å². The minimum atomic E-state index is 0.347. The lowest BCUT2D eigenvalue weighted by molar-refractivity contribution is 0.414. The Balaban J connectivity index is 1.74. The van der Waals surface area contributed by atoms with Gasteiger partial charge in [-0.3, -0.25) is 0 Å². The highest BCUT2D eigenvalue weighted by Crippen LogP contribution is 2.27. The van der Waals surface area contributed by atoms with Crippen molar-refractivity contribution in [3.05, 3.63) is 41.3 Å². The number of furan rings is 1. The van der Waals surface area contributed by atoms with Gasteiger partial charge in [-0.25, -0.2) is 4.98 Å². The number of hydrogen-bond donors (Lipinski definition) is 0. The molecule has 0 amide bonds. The van der Waals surface area contributed by atoms with E-state index in [-0.39, 0.29) is 0 Å². The molecule has 110 valence electrons. The Morgan fingerprint density at radius 1 is 1.23 bits per heavy atom. The maximum Gasteiger partial charge on any atom is 0.293 e. The van der Waals surface area contributed by atoms with Gasteiger partial charge in [0.25, 0.3) is 5.89 Å². The molecule has 6 nitrogen and oxygen atoms in total. The average molecular weight is 359 g/mol. The largest absolute Gasteiger partial charge is 0.444 e. The smallest absolute Gasteiger partial charge is 0.293 e. The third kappa shape index (κ3) is 2.14. The molecule has 4 rings (SSSR count). The Hall–Kier alpha value is -2.41. The van der Waals surface area contributed by atoms with Crippen molar-refractivity contribution in [3.8, 4) is 23.0 Å². The average Bonchev–Trinajstić information content (AvgIpc) is 3.24. The van der Waals surface area contributed by atoms with E-state index in [4.69, 9.17) is 8.94 Å². The maximum absolute atomic E-state index is 5.41. The molecule has 0 saturated carbocycles. The van der Waals surface area contributed by atoms with Crippen LogP contribution in [-0.2, 0) is 6.54 Å². The van der Waals surface area contributed by atoms with Crippen LogP contribution in [0.2, 0.25) is 0 Å². The van der Waals surface area contributed by atoms with Gasteiger partial charge in [-0.15, -0.1) is 0 Å². The fourth-order valence-corrected chi connectivity index (χ4v) is 2.63. The molecule has 0 radical (unpaired) electrons. The third-order valence-corrected chi connectivity index (χ3v) is 3.86. The number of nitrogens with zero attached hydrogens (tertiary/aromatic N) is 4. The van der Waals surface area contributed by atoms with Crippen molar-refractivity contribution >= 4 is 27.0 Å². The summed E-state index contributed by atoms with van der Waals surface area (Å²) in [6.07, 6.45) is 1.83. The van der Waals surface area contributed by atoms with E-state index in [1.807, 2.05) is 24.5 Å². The molecule has 4 aromatic rings. The number of imidazole rings is 1. The fraction of sp³-hybridized carbons (Fsp3) is 0.133. The SMILES string of the molecule is CCn1cnc2cc(-c3noc(-c4ccc(Br)o4)n3)ccc21. The van der Waals surface area contributed by atoms with Gasteiger partial charge in [-0.05, 0) is 53.2 Å². The first-order valence-electron chi connectivity index (χ1n) is 6.79. The Bertz CT molecular complexity index is 953. The van der Waals surface area contributed by atoms with E-state index in [1.165, 1.54) is 0 Å². The normalized spacial score (nSPS) is 11.4. The van der Waals surface area contributed by atoms with Gasteiger partial charge in [0.2, 0.25) is 5.82 Å². The number of fused-ring (bicyclic) bond motifs is 1. The minimum Gasteiger partial charge on any atom is -0.444 e. The summed E-state index contributed by atoms with van der Waals surface area (Å²) in [4.78, 5) is 8.77. The van der Waals surface area contributed by atoms with Gasteiger partial charge in [0.15, 0.2) is 10.4 Å². The van der Waals surface area contributed by atoms with Crippen molar-refractivity contribution in [2.45, 2.75) is 13.5 Å². The van der Waals surface area contributed by atoms with Crippen LogP contribution in [0.3, 0.4) is 0 Å². The molecule has 3 aromatic heterocycles. The van der Waals surface area contributed by atoms with E-state index in [0.717, 1.165) is 23.1 Å². The van der Waals surface area contributed by atoms with Gasteiger partial charge in [0.1, 0.15) is 0 Å². The Labute approximate surface area is 133 Å². The molecule has 0 aliphatic heterocycles. The van der Waals surface area contributed by atoms with Gasteiger partial charge in [-0.1, -0.05) is 5.16 Å². The van der Waals surface area contributed by atoms with Crippen LogP contribution < -0.4 is 0 Å². The van der Waals surface area contributed by atoms with Crippen molar-refractivity contribution in [2.75, 3.05) is 0 Å². The van der Waals surface area contributed by atoms with Crippen molar-refractivity contribution < 1.29 is 8.94 Å². The Morgan fingerprint density at radius 2 is 2.14 bits per heavy atom. The van der Waals surface area contributed by atoms with E-state index in [2.05, 4.69) is 42.5 Å². The topological polar surface area (TPSA) is 69.9 Å². The van der Waals surface area contributed by atoms with E-state index in [0.29, 0.717) is 22.1 Å². The molecule has 0 fully saturated rings. The number of aryl methyl sites for hydroxylation is 1. The molecule has 0 spiro atoms. The fourth-order valence-electron chi connectivity index (χ4n) is 2.32. The third-order valence-electron chi connectivity index (χ3n) is 3.43. The molecule has 0 bridgehead atoms. The lowest BCUT2D eigenvalue weighted by Gasteiger charge is -1.99. The highest BCUT2D eigenvalue weighted by molar-refractivity contribution is 9.10. The Morgan fingerprint density at radius 3 is 2.91 bits per heavy atom. The van der Waals surface area contributed by atoms with Crippen LogP contribution in [0.5, 0.6) is 0 Å². The highest BCUT2D eigenvalue weighted by atomic mass is 79.9. The van der Waals surface area contributed by atoms with Crippen LogP contribution in [0.4, 0.5) is 0 Å². The lowest BCUT2D eigenvalue weighted by Crippen LogP contribution is -1.90. The van der Waals surface area contributed by atoms with Gasteiger partial charge < -0.3 is 13.5 Å². The zero-order chi connectivity index (χ0) is 15.1. The van der Waals surface area contributed by atoms with E-state index < -0.39 is 0 Å². The number of aromatic nitrogens is 4. The van der Waals surface area contributed by atoms with E-state index in [1.54, 1.807) is 12.1 Å². The van der Waals surface area contributed by atoms with Gasteiger partial charge in [0, 0.05) is 12.1 Å². The first kappa shape index (κ1) is 13.3. The molecule has 3 heterocycles. The zero-order valence-electron chi connectivity index (χ0n) is 11.7. The second kappa shape index (κ2) is 5.10. The number of halogens is 1. The Kier molecular flexibility index (Phi) is 3.07. The molecule has 0 aliphatic rings. The zero-order valence-corrected chi connectivity index (χ0v) is 13.2. The number of benzene rings is 1. The first-order chi connectivity index (χ1) is 10.7. The summed E-state index contributed by atoms with van der Waals surface area (Å²) >= 11 is 3.25. The summed E-state index contributed by atoms with van der Waals surface area (Å²) in [5.41, 5.74) is 2.85. The van der Waals surface area contributed by atoms with Gasteiger partial charge in [-0.2, -0.15) is 4.98 Å². The molecule has 0 N–H and O–H groups in total. The standard InChI is InChI=1S/C15H11BrN4O2/c1-2-20-8-17-10-7-9(3-4-11(10)20)14-18-15(22-19-14)12-5-6-13(16)21-12/h3-8H,2H2,1H3. The summed E-state index contributed by atoms with van der Waals surface area (Å²) in [6, 6.07) is 9.48. The monoisotopic (exact) mass is 358 g/mol. The van der Waals surface area contributed by atoms with Crippen LogP contribution >= 0.6 is 15.9 Å². The number of hydrogen-bond acceptors (Lipinski definition) is 5. The maximum atomic E-state index is 5.41. The van der Waals surface area contributed by atoms with Crippen LogP contribution in [0.25, 0.3) is 34.1 Å². The quantitative estimate of drug-likeness (QED) is 0.550. The van der Waals surface area contributed by atoms with Crippen LogP contribution in [0.15, 0.2) is 50.3 Å². The van der Waals surface area contributed by atoms with Crippen LogP contribution in [-0.4, -0.2) is 19.7 Å². The summed E-state index contributed by atoms with van der Waals surface area (Å²) in [6.45, 7) is 2.97. The molecule has 0 unspecified atom stereocenters. The van der Waals surface area contributed by atoms with Crippen molar-refractivity contribution in [1.82, 2.24) is 19.7 Å². The molecule has 1 aromatic carbocycles. The predicted octanol–water partition coefficient (Wildman–Crippen LogP) is 4.13. The summed E-state index contributed by atoms with van der Waals surface area (Å²) < 4.78 is 13.4. The van der Waals surface area contributed by atoms with Crippen molar-refractivity contribution in [2.24, 2.45) is 0 Å². The van der Waals surface area contributed by atoms with Crippen molar-refractivity contribution in [3.63, 3.8) is 0 Å². The van der Waals surface area contributed by atoms with E-state index >= 15 is 0 Å². The molecular weight excluding hydrogens is 348 g/mol. The molecule has 0 saturated heterocycles. The molecule has 0 aliphatic carbocycles. The summed E-state index contributed by atoms with van der Waals surface area (Å²) in [7, 11) is 0. The van der Waals surface area contributed by atoms with Gasteiger partial charge in [0.05, 0.1) is 17.4 Å². The summed E-state index contributed by atoms with van der Waals surface area (Å²) in [5, 5.41) is 4.01. The highest BCUT2D eigenvalue weighted by Gasteiger charge is 2.14. The summed E-state index contributed by atoms with van der Waals surface area (Å²) in [5.74, 6) is 1.39. The van der Waals surface area contributed by atoms with Crippen LogP contribution in [0, 0.1) is 0 Å². The van der Waals surface area contributed by atoms with Crippen LogP contribution in [0.1, 0.15) is 6.92 Å².